The minimum atomic E-state index is -0.340. The number of para-hydroxylation sites is 1. The second-order valence-corrected chi connectivity index (χ2v) is 7.74. The van der Waals surface area contributed by atoms with Gasteiger partial charge in [-0.3, -0.25) is 9.69 Å². The third-order valence-electron chi connectivity index (χ3n) is 6.45. The Balaban J connectivity index is 1.92. The highest BCUT2D eigenvalue weighted by molar-refractivity contribution is 6.73. The summed E-state index contributed by atoms with van der Waals surface area (Å²) in [6.07, 6.45) is 6.64. The molecule has 1 fully saturated rings. The van der Waals surface area contributed by atoms with Gasteiger partial charge in [0.05, 0.1) is 11.6 Å². The van der Waals surface area contributed by atoms with Crippen LogP contribution in [-0.4, -0.2) is 27.8 Å². The van der Waals surface area contributed by atoms with E-state index in [2.05, 4.69) is 40.7 Å². The monoisotopic (exact) mass is 340 g/mol. The molecule has 0 amide bonds. The van der Waals surface area contributed by atoms with Crippen LogP contribution in [0.15, 0.2) is 30.3 Å². The van der Waals surface area contributed by atoms with Gasteiger partial charge in [-0.1, -0.05) is 25.1 Å². The average Bonchev–Trinajstić information content (AvgIpc) is 2.95. The van der Waals surface area contributed by atoms with Crippen LogP contribution < -0.4 is 0 Å². The van der Waals surface area contributed by atoms with E-state index < -0.39 is 0 Å². The highest BCUT2D eigenvalue weighted by atomic mass is 35.5. The van der Waals surface area contributed by atoms with Crippen LogP contribution in [0, 0.1) is 5.41 Å². The van der Waals surface area contributed by atoms with E-state index in [1.807, 2.05) is 6.07 Å². The first-order valence-electron chi connectivity index (χ1n) is 8.95. The SMILES string of the molecule is CC[C@@]12C=C(C(=O)Cl)n3c4c(c5ccccc53)CCN(CCC1)[C@@H]42. The summed E-state index contributed by atoms with van der Waals surface area (Å²) in [6.45, 7) is 4.53. The molecule has 2 aromatic rings. The molecule has 124 valence electrons. The normalized spacial score (nSPS) is 28.6. The van der Waals surface area contributed by atoms with Crippen LogP contribution in [0.5, 0.6) is 0 Å². The summed E-state index contributed by atoms with van der Waals surface area (Å²) in [7, 11) is 0. The molecular formula is C20H21ClN2O. The van der Waals surface area contributed by atoms with E-state index in [0.717, 1.165) is 37.9 Å². The summed E-state index contributed by atoms with van der Waals surface area (Å²) in [4.78, 5) is 14.9. The predicted octanol–water partition coefficient (Wildman–Crippen LogP) is 4.35. The molecule has 0 spiro atoms. The van der Waals surface area contributed by atoms with Gasteiger partial charge in [0, 0.05) is 23.0 Å². The van der Waals surface area contributed by atoms with Gasteiger partial charge < -0.3 is 4.57 Å². The first-order chi connectivity index (χ1) is 11.7. The Morgan fingerprint density at radius 3 is 2.96 bits per heavy atom. The quantitative estimate of drug-likeness (QED) is 0.759. The average molecular weight is 341 g/mol. The number of allylic oxidation sites excluding steroid dienone is 1. The summed E-state index contributed by atoms with van der Waals surface area (Å²) < 4.78 is 2.16. The molecule has 0 aliphatic carbocycles. The van der Waals surface area contributed by atoms with E-state index in [1.54, 1.807) is 0 Å². The smallest absolute Gasteiger partial charge is 0.268 e. The minimum absolute atomic E-state index is 0.0394. The molecule has 4 heterocycles. The van der Waals surface area contributed by atoms with E-state index in [1.165, 1.54) is 23.1 Å². The van der Waals surface area contributed by atoms with Crippen LogP contribution in [0.3, 0.4) is 0 Å². The number of halogens is 1. The largest absolute Gasteiger partial charge is 0.308 e. The van der Waals surface area contributed by atoms with Crippen molar-refractivity contribution >= 4 is 33.4 Å². The lowest BCUT2D eigenvalue weighted by Crippen LogP contribution is -2.50. The third kappa shape index (κ3) is 1.69. The summed E-state index contributed by atoms with van der Waals surface area (Å²) in [6, 6.07) is 8.84. The van der Waals surface area contributed by atoms with E-state index in [-0.39, 0.29) is 10.7 Å². The van der Waals surface area contributed by atoms with Crippen molar-refractivity contribution < 1.29 is 4.79 Å². The Hall–Kier alpha value is -1.58. The van der Waals surface area contributed by atoms with Gasteiger partial charge in [-0.05, 0) is 61.5 Å². The van der Waals surface area contributed by atoms with Gasteiger partial charge in [0.15, 0.2) is 0 Å². The fraction of sp³-hybridized carbons (Fsp3) is 0.450. The fourth-order valence-corrected chi connectivity index (χ4v) is 5.56. The summed E-state index contributed by atoms with van der Waals surface area (Å²) in [5, 5.41) is 0.945. The third-order valence-corrected chi connectivity index (χ3v) is 6.64. The molecule has 0 unspecified atom stereocenters. The number of rotatable bonds is 2. The van der Waals surface area contributed by atoms with Crippen molar-refractivity contribution in [1.29, 1.82) is 0 Å². The van der Waals surface area contributed by atoms with Crippen molar-refractivity contribution in [2.45, 2.75) is 38.6 Å². The molecule has 1 saturated heterocycles. The Morgan fingerprint density at radius 2 is 2.17 bits per heavy atom. The first kappa shape index (κ1) is 14.7. The predicted molar refractivity (Wildman–Crippen MR) is 97.0 cm³/mol. The Kier molecular flexibility index (Phi) is 3.05. The molecule has 4 heteroatoms. The number of hydrogen-bond donors (Lipinski definition) is 0. The van der Waals surface area contributed by atoms with E-state index in [9.17, 15) is 4.79 Å². The van der Waals surface area contributed by atoms with Crippen molar-refractivity contribution in [3.8, 4) is 0 Å². The number of piperidine rings is 1. The van der Waals surface area contributed by atoms with Gasteiger partial charge in [-0.25, -0.2) is 0 Å². The second-order valence-electron chi connectivity index (χ2n) is 7.40. The number of benzene rings is 1. The second kappa shape index (κ2) is 4.96. The molecule has 2 atom stereocenters. The van der Waals surface area contributed by atoms with Gasteiger partial charge in [0.2, 0.25) is 0 Å². The van der Waals surface area contributed by atoms with Crippen LogP contribution in [0.25, 0.3) is 16.6 Å². The summed E-state index contributed by atoms with van der Waals surface area (Å²) >= 11 is 6.06. The van der Waals surface area contributed by atoms with Gasteiger partial charge in [-0.15, -0.1) is 0 Å². The lowest BCUT2D eigenvalue weighted by molar-refractivity contribution is -0.107. The molecular weight excluding hydrogens is 320 g/mol. The molecule has 0 N–H and O–H groups in total. The van der Waals surface area contributed by atoms with E-state index in [0.29, 0.717) is 11.7 Å². The Morgan fingerprint density at radius 1 is 1.33 bits per heavy atom. The number of aromatic nitrogens is 1. The zero-order chi connectivity index (χ0) is 16.5. The van der Waals surface area contributed by atoms with Gasteiger partial charge >= 0.3 is 0 Å². The van der Waals surface area contributed by atoms with Crippen molar-refractivity contribution in [2.24, 2.45) is 5.41 Å². The molecule has 3 nitrogen and oxygen atoms in total. The first-order valence-corrected chi connectivity index (χ1v) is 9.33. The molecule has 0 bridgehead atoms. The highest BCUT2D eigenvalue weighted by Crippen LogP contribution is 2.57. The topological polar surface area (TPSA) is 25.2 Å². The van der Waals surface area contributed by atoms with E-state index in [4.69, 9.17) is 11.6 Å². The molecule has 5 rings (SSSR count). The minimum Gasteiger partial charge on any atom is -0.308 e. The van der Waals surface area contributed by atoms with Crippen molar-refractivity contribution in [3.63, 3.8) is 0 Å². The molecule has 1 aromatic carbocycles. The number of hydrogen-bond acceptors (Lipinski definition) is 2. The maximum Gasteiger partial charge on any atom is 0.268 e. The molecule has 1 aromatic heterocycles. The maximum absolute atomic E-state index is 12.3. The van der Waals surface area contributed by atoms with Crippen LogP contribution in [0.4, 0.5) is 0 Å². The fourth-order valence-electron chi connectivity index (χ4n) is 5.42. The van der Waals surface area contributed by atoms with Crippen LogP contribution in [0.2, 0.25) is 0 Å². The van der Waals surface area contributed by atoms with Crippen LogP contribution in [0.1, 0.15) is 43.5 Å². The lowest BCUT2D eigenvalue weighted by Gasteiger charge is -2.53. The lowest BCUT2D eigenvalue weighted by atomic mass is 9.66. The molecule has 0 saturated carbocycles. The number of nitrogens with zero attached hydrogens (tertiary/aromatic N) is 2. The van der Waals surface area contributed by atoms with Crippen molar-refractivity contribution in [3.05, 3.63) is 41.6 Å². The van der Waals surface area contributed by atoms with Gasteiger partial charge in [0.1, 0.15) is 5.70 Å². The molecule has 24 heavy (non-hydrogen) atoms. The van der Waals surface area contributed by atoms with Gasteiger partial charge in [-0.2, -0.15) is 0 Å². The zero-order valence-corrected chi connectivity index (χ0v) is 14.6. The summed E-state index contributed by atoms with van der Waals surface area (Å²) in [5.41, 5.74) is 4.58. The molecule has 3 aliphatic heterocycles. The van der Waals surface area contributed by atoms with Crippen molar-refractivity contribution in [1.82, 2.24) is 9.47 Å². The van der Waals surface area contributed by atoms with Gasteiger partial charge in [0.25, 0.3) is 5.24 Å². The van der Waals surface area contributed by atoms with E-state index >= 15 is 0 Å². The maximum atomic E-state index is 12.3. The number of carbonyl (C=O) groups is 1. The highest BCUT2D eigenvalue weighted by Gasteiger charge is 2.50. The molecule has 0 radical (unpaired) electrons. The standard InChI is InChI=1S/C20H21ClN2O/c1-2-20-9-5-10-22-11-8-14-13-6-3-4-7-15(13)23(17(14)18(20)22)16(12-20)19(21)24/h3-4,6-7,12,18H,2,5,8-11H2,1H3/t18-,20-/m0/s1. The van der Waals surface area contributed by atoms with Crippen LogP contribution in [-0.2, 0) is 11.2 Å². The number of carbonyl (C=O) groups excluding carboxylic acids is 1. The zero-order valence-electron chi connectivity index (χ0n) is 13.9. The Bertz CT molecular complexity index is 896. The number of fused-ring (bicyclic) bond motifs is 3. The van der Waals surface area contributed by atoms with Crippen molar-refractivity contribution in [2.75, 3.05) is 13.1 Å². The summed E-state index contributed by atoms with van der Waals surface area (Å²) in [5.74, 6) is 0. The molecule has 3 aliphatic rings. The van der Waals surface area contributed by atoms with Crippen LogP contribution >= 0.6 is 11.6 Å². The Labute approximate surface area is 146 Å².